The average molecular weight is 230 g/mol. The summed E-state index contributed by atoms with van der Waals surface area (Å²) in [5, 5.41) is 0. The molecule has 2 unspecified atom stereocenters. The van der Waals surface area contributed by atoms with Crippen LogP contribution in [-0.2, 0) is 0 Å². The molecule has 90 valence electrons. The van der Waals surface area contributed by atoms with Gasteiger partial charge in [-0.25, -0.2) is 0 Å². The minimum atomic E-state index is 0.783. The van der Waals surface area contributed by atoms with Gasteiger partial charge in [-0.3, -0.25) is 0 Å². The van der Waals surface area contributed by atoms with Gasteiger partial charge in [-0.2, -0.15) is 12.6 Å². The Morgan fingerprint density at radius 2 is 2.13 bits per heavy atom. The van der Waals surface area contributed by atoms with Crippen molar-refractivity contribution in [1.82, 2.24) is 9.80 Å². The summed E-state index contributed by atoms with van der Waals surface area (Å²) in [5.41, 5.74) is 0. The van der Waals surface area contributed by atoms with Crippen molar-refractivity contribution in [3.05, 3.63) is 0 Å². The van der Waals surface area contributed by atoms with Gasteiger partial charge in [0.05, 0.1) is 0 Å². The summed E-state index contributed by atoms with van der Waals surface area (Å²) in [4.78, 5) is 4.97. The van der Waals surface area contributed by atoms with E-state index in [1.54, 1.807) is 0 Å². The van der Waals surface area contributed by atoms with Crippen LogP contribution < -0.4 is 0 Å². The molecule has 1 aliphatic rings. The summed E-state index contributed by atoms with van der Waals surface area (Å²) in [6.07, 6.45) is 3.93. The van der Waals surface area contributed by atoms with Gasteiger partial charge in [0.2, 0.25) is 0 Å². The Morgan fingerprint density at radius 3 is 2.67 bits per heavy atom. The van der Waals surface area contributed by atoms with Crippen LogP contribution in [0.2, 0.25) is 0 Å². The standard InChI is InChI=1S/C12H26N2S/c1-11(6-9-15)4-7-14-8-5-12(10-14)13(2)3/h11-12,15H,4-10H2,1-3H3. The monoisotopic (exact) mass is 230 g/mol. The number of rotatable bonds is 6. The number of likely N-dealkylation sites (N-methyl/N-ethyl adjacent to an activating group) is 1. The molecule has 0 aromatic rings. The summed E-state index contributed by atoms with van der Waals surface area (Å²) >= 11 is 4.28. The lowest BCUT2D eigenvalue weighted by atomic mass is 10.1. The van der Waals surface area contributed by atoms with Crippen molar-refractivity contribution in [3.63, 3.8) is 0 Å². The zero-order chi connectivity index (χ0) is 11.3. The minimum Gasteiger partial charge on any atom is -0.305 e. The van der Waals surface area contributed by atoms with Gasteiger partial charge in [0.1, 0.15) is 0 Å². The molecule has 1 aliphatic heterocycles. The predicted octanol–water partition coefficient (Wildman–Crippen LogP) is 1.97. The zero-order valence-corrected chi connectivity index (χ0v) is 11.3. The van der Waals surface area contributed by atoms with Gasteiger partial charge >= 0.3 is 0 Å². The molecule has 0 saturated carbocycles. The molecule has 0 amide bonds. The second-order valence-electron chi connectivity index (χ2n) is 5.11. The quantitative estimate of drug-likeness (QED) is 0.697. The highest BCUT2D eigenvalue weighted by molar-refractivity contribution is 7.80. The Labute approximate surface area is 100 Å². The zero-order valence-electron chi connectivity index (χ0n) is 10.4. The minimum absolute atomic E-state index is 0.783. The van der Waals surface area contributed by atoms with Crippen molar-refractivity contribution in [2.24, 2.45) is 5.92 Å². The Kier molecular flexibility index (Phi) is 6.02. The lowest BCUT2D eigenvalue weighted by Crippen LogP contribution is -2.32. The molecule has 3 heteroatoms. The van der Waals surface area contributed by atoms with E-state index >= 15 is 0 Å². The van der Waals surface area contributed by atoms with Crippen molar-refractivity contribution in [3.8, 4) is 0 Å². The molecule has 0 aliphatic carbocycles. The molecule has 2 atom stereocenters. The highest BCUT2D eigenvalue weighted by Gasteiger charge is 2.23. The molecular formula is C12H26N2S. The maximum absolute atomic E-state index is 4.28. The third-order valence-electron chi connectivity index (χ3n) is 3.54. The van der Waals surface area contributed by atoms with Crippen LogP contribution in [0.25, 0.3) is 0 Å². The van der Waals surface area contributed by atoms with Gasteiger partial charge in [0.15, 0.2) is 0 Å². The normalized spacial score (nSPS) is 25.0. The number of thiol groups is 1. The van der Waals surface area contributed by atoms with Crippen molar-refractivity contribution in [1.29, 1.82) is 0 Å². The van der Waals surface area contributed by atoms with Gasteiger partial charge in [0.25, 0.3) is 0 Å². The lowest BCUT2D eigenvalue weighted by Gasteiger charge is -2.21. The van der Waals surface area contributed by atoms with Crippen molar-refractivity contribution in [2.75, 3.05) is 39.5 Å². The largest absolute Gasteiger partial charge is 0.305 e. The second-order valence-corrected chi connectivity index (χ2v) is 5.56. The summed E-state index contributed by atoms with van der Waals surface area (Å²) in [7, 11) is 4.38. The molecular weight excluding hydrogens is 204 g/mol. The Morgan fingerprint density at radius 1 is 1.40 bits per heavy atom. The Bertz CT molecular complexity index is 173. The third kappa shape index (κ3) is 4.75. The van der Waals surface area contributed by atoms with Crippen LogP contribution >= 0.6 is 12.6 Å². The summed E-state index contributed by atoms with van der Waals surface area (Å²) in [5.74, 6) is 1.86. The van der Waals surface area contributed by atoms with Crippen LogP contribution in [0, 0.1) is 5.92 Å². The molecule has 2 nitrogen and oxygen atoms in total. The van der Waals surface area contributed by atoms with Gasteiger partial charge < -0.3 is 9.80 Å². The van der Waals surface area contributed by atoms with Crippen LogP contribution in [0.1, 0.15) is 26.2 Å². The molecule has 1 heterocycles. The second kappa shape index (κ2) is 6.77. The molecule has 0 aromatic heterocycles. The average Bonchev–Trinajstić information content (AvgIpc) is 2.63. The molecule has 15 heavy (non-hydrogen) atoms. The van der Waals surface area contributed by atoms with Crippen LogP contribution in [-0.4, -0.2) is 55.3 Å². The lowest BCUT2D eigenvalue weighted by molar-refractivity contribution is 0.258. The van der Waals surface area contributed by atoms with E-state index in [4.69, 9.17) is 0 Å². The maximum Gasteiger partial charge on any atom is 0.0229 e. The molecule has 0 radical (unpaired) electrons. The molecule has 0 bridgehead atoms. The maximum atomic E-state index is 4.28. The van der Waals surface area contributed by atoms with Crippen LogP contribution in [0.5, 0.6) is 0 Å². The van der Waals surface area contributed by atoms with Crippen LogP contribution in [0.3, 0.4) is 0 Å². The number of hydrogen-bond acceptors (Lipinski definition) is 3. The van der Waals surface area contributed by atoms with Gasteiger partial charge in [-0.15, -0.1) is 0 Å². The van der Waals surface area contributed by atoms with E-state index in [-0.39, 0.29) is 0 Å². The smallest absolute Gasteiger partial charge is 0.0229 e. The fraction of sp³-hybridized carbons (Fsp3) is 1.00. The molecule has 1 fully saturated rings. The van der Waals surface area contributed by atoms with E-state index in [0.717, 1.165) is 17.7 Å². The van der Waals surface area contributed by atoms with E-state index in [2.05, 4.69) is 43.4 Å². The van der Waals surface area contributed by atoms with Gasteiger partial charge in [0, 0.05) is 12.6 Å². The molecule has 0 N–H and O–H groups in total. The Balaban J connectivity index is 2.13. The summed E-state index contributed by atoms with van der Waals surface area (Å²) in [6.45, 7) is 6.17. The first-order chi connectivity index (χ1) is 7.13. The van der Waals surface area contributed by atoms with Crippen molar-refractivity contribution < 1.29 is 0 Å². The summed E-state index contributed by atoms with van der Waals surface area (Å²) < 4.78 is 0. The third-order valence-corrected chi connectivity index (χ3v) is 3.80. The fourth-order valence-electron chi connectivity index (χ4n) is 2.20. The first-order valence-corrected chi connectivity index (χ1v) is 6.76. The van der Waals surface area contributed by atoms with Crippen LogP contribution in [0.4, 0.5) is 0 Å². The SMILES string of the molecule is CC(CCS)CCN1CCC(N(C)C)C1. The number of hydrogen-bond donors (Lipinski definition) is 1. The first kappa shape index (κ1) is 13.3. The fourth-order valence-corrected chi connectivity index (χ4v) is 2.65. The molecule has 1 rings (SSSR count). The Hall–Kier alpha value is 0.270. The van der Waals surface area contributed by atoms with Crippen LogP contribution in [0.15, 0.2) is 0 Å². The highest BCUT2D eigenvalue weighted by Crippen LogP contribution is 2.16. The van der Waals surface area contributed by atoms with Crippen molar-refractivity contribution >= 4 is 12.6 Å². The van der Waals surface area contributed by atoms with Gasteiger partial charge in [-0.1, -0.05) is 6.92 Å². The summed E-state index contributed by atoms with van der Waals surface area (Å²) in [6, 6.07) is 0.783. The van der Waals surface area contributed by atoms with E-state index < -0.39 is 0 Å². The van der Waals surface area contributed by atoms with E-state index in [1.165, 1.54) is 38.9 Å². The van der Waals surface area contributed by atoms with E-state index in [0.29, 0.717) is 0 Å². The topological polar surface area (TPSA) is 6.48 Å². The van der Waals surface area contributed by atoms with E-state index in [9.17, 15) is 0 Å². The first-order valence-electron chi connectivity index (χ1n) is 6.13. The van der Waals surface area contributed by atoms with Gasteiger partial charge in [-0.05, 0) is 58.1 Å². The predicted molar refractivity (Wildman–Crippen MR) is 70.8 cm³/mol. The van der Waals surface area contributed by atoms with E-state index in [1.807, 2.05) is 0 Å². The highest BCUT2D eigenvalue weighted by atomic mass is 32.1. The molecule has 0 aromatic carbocycles. The number of nitrogens with zero attached hydrogens (tertiary/aromatic N) is 2. The molecule has 0 spiro atoms. The molecule has 1 saturated heterocycles. The number of likely N-dealkylation sites (tertiary alicyclic amines) is 1. The van der Waals surface area contributed by atoms with Crippen molar-refractivity contribution in [2.45, 2.75) is 32.2 Å².